The summed E-state index contributed by atoms with van der Waals surface area (Å²) >= 11 is 0. The van der Waals surface area contributed by atoms with Crippen LogP contribution in [-0.2, 0) is 13.1 Å². The predicted octanol–water partition coefficient (Wildman–Crippen LogP) is 3.74. The van der Waals surface area contributed by atoms with Crippen molar-refractivity contribution < 1.29 is 0 Å². The molecule has 2 N–H and O–H groups in total. The van der Waals surface area contributed by atoms with Crippen molar-refractivity contribution in [3.63, 3.8) is 0 Å². The van der Waals surface area contributed by atoms with Crippen LogP contribution in [-0.4, -0.2) is 28.8 Å². The van der Waals surface area contributed by atoms with Crippen molar-refractivity contribution in [1.29, 1.82) is 0 Å². The summed E-state index contributed by atoms with van der Waals surface area (Å²) in [5.41, 5.74) is 2.51. The minimum Gasteiger partial charge on any atom is -0.356 e. The van der Waals surface area contributed by atoms with Gasteiger partial charge >= 0.3 is 0 Å². The van der Waals surface area contributed by atoms with Gasteiger partial charge in [-0.15, -0.1) is 24.0 Å². The molecule has 0 spiro atoms. The third-order valence-electron chi connectivity index (χ3n) is 3.78. The second kappa shape index (κ2) is 12.7. The molecule has 2 rings (SSSR count). The lowest BCUT2D eigenvalue weighted by atomic mass is 10.1. The Bertz CT molecular complexity index is 593. The van der Waals surface area contributed by atoms with Crippen LogP contribution in [0, 0.1) is 6.92 Å². The highest BCUT2D eigenvalue weighted by Gasteiger charge is 1.99. The maximum Gasteiger partial charge on any atom is 0.191 e. The molecule has 0 atom stereocenters. The Morgan fingerprint density at radius 1 is 1.12 bits per heavy atom. The first-order valence-corrected chi connectivity index (χ1v) is 8.83. The average Bonchev–Trinajstić information content (AvgIpc) is 3.11. The fourth-order valence-corrected chi connectivity index (χ4v) is 2.30. The van der Waals surface area contributed by atoms with Crippen LogP contribution < -0.4 is 10.6 Å². The van der Waals surface area contributed by atoms with Crippen molar-refractivity contribution in [3.8, 4) is 0 Å². The second-order valence-electron chi connectivity index (χ2n) is 5.98. The van der Waals surface area contributed by atoms with Gasteiger partial charge in [-0.05, 0) is 31.4 Å². The minimum absolute atomic E-state index is 0. The summed E-state index contributed by atoms with van der Waals surface area (Å²) in [7, 11) is 0. The van der Waals surface area contributed by atoms with Crippen LogP contribution in [0.1, 0.15) is 37.3 Å². The number of nitrogens with one attached hydrogen (secondary N) is 2. The van der Waals surface area contributed by atoms with Crippen LogP contribution in [0.4, 0.5) is 0 Å². The summed E-state index contributed by atoms with van der Waals surface area (Å²) in [6.45, 7) is 7.75. The van der Waals surface area contributed by atoms with Gasteiger partial charge in [-0.25, -0.2) is 4.99 Å². The maximum absolute atomic E-state index is 4.70. The summed E-state index contributed by atoms with van der Waals surface area (Å²) in [4.78, 5) is 4.70. The first kappa shape index (κ1) is 21.5. The molecular formula is C19H30IN5. The number of aryl methyl sites for hydroxylation is 2. The Balaban J connectivity index is 0.00000312. The molecule has 0 saturated carbocycles. The van der Waals surface area contributed by atoms with Crippen molar-refractivity contribution in [2.75, 3.05) is 13.1 Å². The highest BCUT2D eigenvalue weighted by Crippen LogP contribution is 2.04. The van der Waals surface area contributed by atoms with Gasteiger partial charge in [-0.1, -0.05) is 43.2 Å². The van der Waals surface area contributed by atoms with E-state index in [0.717, 1.165) is 38.4 Å². The van der Waals surface area contributed by atoms with E-state index in [2.05, 4.69) is 53.8 Å². The first-order chi connectivity index (χ1) is 11.8. The number of nitrogens with zero attached hydrogens (tertiary/aromatic N) is 3. The van der Waals surface area contributed by atoms with Crippen LogP contribution in [0.2, 0.25) is 0 Å². The molecule has 2 aromatic rings. The second-order valence-corrected chi connectivity index (χ2v) is 5.98. The molecule has 1 aromatic heterocycles. The van der Waals surface area contributed by atoms with E-state index in [1.165, 1.54) is 17.5 Å². The Kier molecular flexibility index (Phi) is 10.9. The molecule has 0 bridgehead atoms. The van der Waals surface area contributed by atoms with E-state index in [-0.39, 0.29) is 24.0 Å². The molecule has 0 fully saturated rings. The van der Waals surface area contributed by atoms with Gasteiger partial charge in [0, 0.05) is 32.0 Å². The van der Waals surface area contributed by atoms with Crippen LogP contribution in [0.25, 0.3) is 0 Å². The number of aromatic nitrogens is 2. The summed E-state index contributed by atoms with van der Waals surface area (Å²) in [5, 5.41) is 11.1. The molecule has 0 unspecified atom stereocenters. The molecule has 0 aliphatic heterocycles. The third-order valence-corrected chi connectivity index (χ3v) is 3.78. The Morgan fingerprint density at radius 2 is 1.84 bits per heavy atom. The van der Waals surface area contributed by atoms with Crippen molar-refractivity contribution in [2.24, 2.45) is 4.99 Å². The molecule has 6 heteroatoms. The maximum atomic E-state index is 4.70. The number of halogens is 1. The normalized spacial score (nSPS) is 11.0. The van der Waals surface area contributed by atoms with E-state index in [0.29, 0.717) is 6.54 Å². The molecule has 1 heterocycles. The minimum atomic E-state index is 0. The predicted molar refractivity (Wildman–Crippen MR) is 115 cm³/mol. The Labute approximate surface area is 168 Å². The molecule has 0 saturated heterocycles. The molecular weight excluding hydrogens is 425 g/mol. The van der Waals surface area contributed by atoms with E-state index in [4.69, 9.17) is 4.99 Å². The Hall–Kier alpha value is -1.57. The molecule has 138 valence electrons. The summed E-state index contributed by atoms with van der Waals surface area (Å²) < 4.78 is 1.95. The van der Waals surface area contributed by atoms with Gasteiger partial charge < -0.3 is 10.6 Å². The molecule has 1 aromatic carbocycles. The van der Waals surface area contributed by atoms with Crippen LogP contribution in [0.5, 0.6) is 0 Å². The quantitative estimate of drug-likeness (QED) is 0.262. The lowest BCUT2D eigenvalue weighted by Crippen LogP contribution is -2.38. The number of hydrogen-bond donors (Lipinski definition) is 2. The highest BCUT2D eigenvalue weighted by atomic mass is 127. The SMILES string of the molecule is CCCCNC(=NCc1ccc(C)cc1)NCCCn1cccn1.I. The zero-order valence-corrected chi connectivity index (χ0v) is 17.6. The molecule has 25 heavy (non-hydrogen) atoms. The van der Waals surface area contributed by atoms with E-state index in [9.17, 15) is 0 Å². The highest BCUT2D eigenvalue weighted by molar-refractivity contribution is 14.0. The van der Waals surface area contributed by atoms with Gasteiger partial charge in [-0.3, -0.25) is 4.68 Å². The number of benzene rings is 1. The Morgan fingerprint density at radius 3 is 2.48 bits per heavy atom. The number of unbranched alkanes of at least 4 members (excludes halogenated alkanes) is 1. The lowest BCUT2D eigenvalue weighted by Gasteiger charge is -2.12. The number of guanidine groups is 1. The van der Waals surface area contributed by atoms with E-state index < -0.39 is 0 Å². The topological polar surface area (TPSA) is 54.2 Å². The molecule has 0 aliphatic rings. The third kappa shape index (κ3) is 8.90. The van der Waals surface area contributed by atoms with Gasteiger partial charge in [0.25, 0.3) is 0 Å². The van der Waals surface area contributed by atoms with Crippen LogP contribution in [0.15, 0.2) is 47.7 Å². The van der Waals surface area contributed by atoms with Crippen molar-refractivity contribution >= 4 is 29.9 Å². The van der Waals surface area contributed by atoms with Gasteiger partial charge in [-0.2, -0.15) is 5.10 Å². The first-order valence-electron chi connectivity index (χ1n) is 8.83. The molecule has 0 amide bonds. The number of hydrogen-bond acceptors (Lipinski definition) is 2. The molecule has 0 radical (unpaired) electrons. The van der Waals surface area contributed by atoms with Crippen LogP contribution >= 0.6 is 24.0 Å². The zero-order valence-electron chi connectivity index (χ0n) is 15.2. The van der Waals surface area contributed by atoms with Crippen molar-refractivity contribution in [2.45, 2.75) is 46.2 Å². The average molecular weight is 455 g/mol. The summed E-state index contributed by atoms with van der Waals surface area (Å²) in [6, 6.07) is 10.5. The van der Waals surface area contributed by atoms with Gasteiger partial charge in [0.2, 0.25) is 0 Å². The largest absolute Gasteiger partial charge is 0.356 e. The smallest absolute Gasteiger partial charge is 0.191 e. The summed E-state index contributed by atoms with van der Waals surface area (Å²) in [6.07, 6.45) is 7.15. The fourth-order valence-electron chi connectivity index (χ4n) is 2.30. The molecule has 0 aliphatic carbocycles. The fraction of sp³-hybridized carbons (Fsp3) is 0.474. The van der Waals surface area contributed by atoms with E-state index >= 15 is 0 Å². The van der Waals surface area contributed by atoms with E-state index in [1.807, 2.05) is 23.1 Å². The van der Waals surface area contributed by atoms with Crippen molar-refractivity contribution in [3.05, 3.63) is 53.9 Å². The van der Waals surface area contributed by atoms with Gasteiger partial charge in [0.15, 0.2) is 5.96 Å². The zero-order chi connectivity index (χ0) is 17.0. The van der Waals surface area contributed by atoms with Gasteiger partial charge in [0.05, 0.1) is 6.54 Å². The van der Waals surface area contributed by atoms with Crippen molar-refractivity contribution in [1.82, 2.24) is 20.4 Å². The lowest BCUT2D eigenvalue weighted by molar-refractivity contribution is 0.569. The number of aliphatic imine (C=N–C) groups is 1. The number of rotatable bonds is 9. The van der Waals surface area contributed by atoms with Crippen LogP contribution in [0.3, 0.4) is 0 Å². The van der Waals surface area contributed by atoms with Gasteiger partial charge in [0.1, 0.15) is 0 Å². The monoisotopic (exact) mass is 455 g/mol. The molecule has 5 nitrogen and oxygen atoms in total. The standard InChI is InChI=1S/C19H29N5.HI/c1-3-4-11-20-19(21-12-5-14-24-15-6-13-23-24)22-16-18-9-7-17(2)8-10-18;/h6-10,13,15H,3-5,11-12,14,16H2,1-2H3,(H2,20,21,22);1H. The van der Waals surface area contributed by atoms with E-state index in [1.54, 1.807) is 0 Å². The summed E-state index contributed by atoms with van der Waals surface area (Å²) in [5.74, 6) is 0.893.